The lowest BCUT2D eigenvalue weighted by Gasteiger charge is -2.16. The Labute approximate surface area is 133 Å². The van der Waals surface area contributed by atoms with Crippen LogP contribution in [-0.2, 0) is 4.79 Å². The maximum Gasteiger partial charge on any atom is 0.222 e. The first-order valence-electron chi connectivity index (χ1n) is 9.17. The summed E-state index contributed by atoms with van der Waals surface area (Å²) in [4.78, 5) is 13.8. The number of nitrogens with one attached hydrogen (secondary N) is 1. The van der Waals surface area contributed by atoms with Crippen molar-refractivity contribution in [2.24, 2.45) is 5.92 Å². The summed E-state index contributed by atoms with van der Waals surface area (Å²) >= 11 is 0. The van der Waals surface area contributed by atoms with Gasteiger partial charge in [0.05, 0.1) is 0 Å². The van der Waals surface area contributed by atoms with Crippen molar-refractivity contribution in [2.75, 3.05) is 26.2 Å². The van der Waals surface area contributed by atoms with Gasteiger partial charge in [0.2, 0.25) is 5.91 Å². The van der Waals surface area contributed by atoms with Crippen molar-refractivity contribution in [2.45, 2.75) is 80.1 Å². The van der Waals surface area contributed by atoms with Gasteiger partial charge < -0.3 is 10.2 Å². The van der Waals surface area contributed by atoms with E-state index in [1.54, 1.807) is 0 Å². The molecule has 0 aromatic carbocycles. The van der Waals surface area contributed by atoms with Crippen LogP contribution in [0, 0.1) is 5.92 Å². The zero-order valence-corrected chi connectivity index (χ0v) is 15.5. The molecule has 1 unspecified atom stereocenters. The Bertz CT molecular complexity index is 219. The zero-order valence-electron chi connectivity index (χ0n) is 15.5. The van der Waals surface area contributed by atoms with Gasteiger partial charge in [-0.3, -0.25) is 4.79 Å². The number of rotatable bonds is 8. The Balaban J connectivity index is 0. The summed E-state index contributed by atoms with van der Waals surface area (Å²) in [7, 11) is 0. The van der Waals surface area contributed by atoms with E-state index in [1.807, 2.05) is 13.8 Å². The van der Waals surface area contributed by atoms with E-state index in [-0.39, 0.29) is 0 Å². The molecule has 1 aliphatic rings. The monoisotopic (exact) mass is 300 g/mol. The number of likely N-dealkylation sites (tertiary alicyclic amines) is 1. The number of hydrogen-bond acceptors (Lipinski definition) is 2. The molecule has 1 aliphatic heterocycles. The molecular weight excluding hydrogens is 260 g/mol. The molecule has 0 saturated carbocycles. The molecule has 0 spiro atoms. The second-order valence-electron chi connectivity index (χ2n) is 5.49. The molecule has 0 aromatic rings. The van der Waals surface area contributed by atoms with E-state index in [2.05, 4.69) is 37.9 Å². The second-order valence-corrected chi connectivity index (χ2v) is 5.49. The van der Waals surface area contributed by atoms with Crippen molar-refractivity contribution in [3.05, 3.63) is 0 Å². The number of carbonyl (C=O) groups excluding carboxylic acids is 1. The molecule has 1 atom stereocenters. The zero-order chi connectivity index (χ0) is 16.5. The fourth-order valence-electron chi connectivity index (χ4n) is 2.28. The Hall–Kier alpha value is -0.570. The third kappa shape index (κ3) is 12.9. The average Bonchev–Trinajstić information content (AvgIpc) is 2.85. The Morgan fingerprint density at radius 1 is 1.10 bits per heavy atom. The van der Waals surface area contributed by atoms with Crippen molar-refractivity contribution >= 4 is 5.91 Å². The SMILES string of the molecule is CC.CCC.CCCCCCN1CC(CNCC)CC1=O. The molecule has 0 radical (unpaired) electrons. The quantitative estimate of drug-likeness (QED) is 0.671. The van der Waals surface area contributed by atoms with Crippen molar-refractivity contribution in [3.8, 4) is 0 Å². The molecule has 1 amide bonds. The van der Waals surface area contributed by atoms with Gasteiger partial charge in [0, 0.05) is 26.1 Å². The van der Waals surface area contributed by atoms with Gasteiger partial charge in [0.1, 0.15) is 0 Å². The lowest BCUT2D eigenvalue weighted by Crippen LogP contribution is -2.28. The lowest BCUT2D eigenvalue weighted by atomic mass is 10.1. The first kappa shape index (κ1) is 22.7. The Morgan fingerprint density at radius 2 is 1.71 bits per heavy atom. The van der Waals surface area contributed by atoms with Crippen LogP contribution in [0.3, 0.4) is 0 Å². The van der Waals surface area contributed by atoms with E-state index in [4.69, 9.17) is 0 Å². The lowest BCUT2D eigenvalue weighted by molar-refractivity contribution is -0.127. The predicted molar refractivity (Wildman–Crippen MR) is 94.7 cm³/mol. The van der Waals surface area contributed by atoms with E-state index in [1.165, 1.54) is 32.1 Å². The highest BCUT2D eigenvalue weighted by Gasteiger charge is 2.28. The van der Waals surface area contributed by atoms with Crippen LogP contribution in [0.15, 0.2) is 0 Å². The first-order valence-corrected chi connectivity index (χ1v) is 9.17. The first-order chi connectivity index (χ1) is 10.2. The maximum absolute atomic E-state index is 11.7. The topological polar surface area (TPSA) is 32.3 Å². The van der Waals surface area contributed by atoms with Crippen LogP contribution in [0.25, 0.3) is 0 Å². The Kier molecular flexibility index (Phi) is 18.9. The van der Waals surface area contributed by atoms with Gasteiger partial charge in [0.25, 0.3) is 0 Å². The standard InChI is InChI=1S/C13H26N2O.C3H8.C2H6/c1-3-5-6-7-8-15-11-12(9-13(15)16)10-14-4-2;1-3-2;1-2/h12,14H,3-11H2,1-2H3;3H2,1-2H3;1-2H3. The smallest absolute Gasteiger partial charge is 0.222 e. The van der Waals surface area contributed by atoms with E-state index >= 15 is 0 Å². The van der Waals surface area contributed by atoms with Gasteiger partial charge in [-0.25, -0.2) is 0 Å². The van der Waals surface area contributed by atoms with Crippen molar-refractivity contribution in [1.82, 2.24) is 10.2 Å². The van der Waals surface area contributed by atoms with Gasteiger partial charge in [0.15, 0.2) is 0 Å². The number of carbonyl (C=O) groups is 1. The van der Waals surface area contributed by atoms with E-state index < -0.39 is 0 Å². The highest BCUT2D eigenvalue weighted by atomic mass is 16.2. The summed E-state index contributed by atoms with van der Waals surface area (Å²) in [6.45, 7) is 16.5. The largest absolute Gasteiger partial charge is 0.342 e. The van der Waals surface area contributed by atoms with E-state index in [0.29, 0.717) is 11.8 Å². The fourth-order valence-corrected chi connectivity index (χ4v) is 2.28. The van der Waals surface area contributed by atoms with Crippen LogP contribution in [0.2, 0.25) is 0 Å². The number of amides is 1. The van der Waals surface area contributed by atoms with Crippen LogP contribution in [0.5, 0.6) is 0 Å². The predicted octanol–water partition coefficient (Wildman–Crippen LogP) is 4.47. The molecule has 0 bridgehead atoms. The number of unbranched alkanes of at least 4 members (excludes halogenated alkanes) is 3. The normalized spacial score (nSPS) is 17.0. The number of hydrogen-bond donors (Lipinski definition) is 1. The van der Waals surface area contributed by atoms with Gasteiger partial charge in [-0.1, -0.05) is 67.2 Å². The summed E-state index contributed by atoms with van der Waals surface area (Å²) in [5.74, 6) is 0.901. The second kappa shape index (κ2) is 17.5. The molecule has 0 aromatic heterocycles. The molecule has 0 aliphatic carbocycles. The van der Waals surface area contributed by atoms with Crippen molar-refractivity contribution in [3.63, 3.8) is 0 Å². The summed E-state index contributed by atoms with van der Waals surface area (Å²) in [5.41, 5.74) is 0. The fraction of sp³-hybridized carbons (Fsp3) is 0.944. The molecule has 1 N–H and O–H groups in total. The van der Waals surface area contributed by atoms with Crippen LogP contribution in [0.1, 0.15) is 80.1 Å². The van der Waals surface area contributed by atoms with Gasteiger partial charge in [-0.15, -0.1) is 0 Å². The molecular formula is C18H40N2O. The molecule has 3 heteroatoms. The minimum atomic E-state index is 0.361. The summed E-state index contributed by atoms with van der Waals surface area (Å²) in [6, 6.07) is 0. The summed E-state index contributed by atoms with van der Waals surface area (Å²) < 4.78 is 0. The average molecular weight is 301 g/mol. The van der Waals surface area contributed by atoms with E-state index in [0.717, 1.165) is 32.6 Å². The summed E-state index contributed by atoms with van der Waals surface area (Å²) in [6.07, 6.45) is 6.99. The van der Waals surface area contributed by atoms with E-state index in [9.17, 15) is 4.79 Å². The molecule has 3 nitrogen and oxygen atoms in total. The van der Waals surface area contributed by atoms with Gasteiger partial charge in [-0.2, -0.15) is 0 Å². The van der Waals surface area contributed by atoms with Crippen LogP contribution in [0.4, 0.5) is 0 Å². The highest BCUT2D eigenvalue weighted by molar-refractivity contribution is 5.78. The van der Waals surface area contributed by atoms with Crippen molar-refractivity contribution in [1.29, 1.82) is 0 Å². The summed E-state index contributed by atoms with van der Waals surface area (Å²) in [5, 5.41) is 3.33. The van der Waals surface area contributed by atoms with Gasteiger partial charge in [-0.05, 0) is 18.9 Å². The molecule has 1 fully saturated rings. The molecule has 1 saturated heterocycles. The van der Waals surface area contributed by atoms with Crippen LogP contribution in [-0.4, -0.2) is 37.0 Å². The molecule has 1 heterocycles. The highest BCUT2D eigenvalue weighted by Crippen LogP contribution is 2.17. The van der Waals surface area contributed by atoms with Gasteiger partial charge >= 0.3 is 0 Å². The van der Waals surface area contributed by atoms with Crippen LogP contribution < -0.4 is 5.32 Å². The Morgan fingerprint density at radius 3 is 2.24 bits per heavy atom. The maximum atomic E-state index is 11.7. The third-order valence-electron chi connectivity index (χ3n) is 3.26. The van der Waals surface area contributed by atoms with Crippen molar-refractivity contribution < 1.29 is 4.79 Å². The minimum absolute atomic E-state index is 0.361. The van der Waals surface area contributed by atoms with Crippen LogP contribution >= 0.6 is 0 Å². The molecule has 128 valence electrons. The molecule has 1 rings (SSSR count). The third-order valence-corrected chi connectivity index (χ3v) is 3.26. The minimum Gasteiger partial charge on any atom is -0.342 e. The molecule has 21 heavy (non-hydrogen) atoms. The number of nitrogens with zero attached hydrogens (tertiary/aromatic N) is 1.